The summed E-state index contributed by atoms with van der Waals surface area (Å²) in [6.07, 6.45) is 6.26. The van der Waals surface area contributed by atoms with Crippen molar-refractivity contribution in [2.24, 2.45) is 0 Å². The van der Waals surface area contributed by atoms with Gasteiger partial charge < -0.3 is 4.74 Å². The first kappa shape index (κ1) is 24.1. The van der Waals surface area contributed by atoms with Crippen molar-refractivity contribution in [1.29, 1.82) is 0 Å². The van der Waals surface area contributed by atoms with Crippen LogP contribution in [-0.4, -0.2) is 27.2 Å². The summed E-state index contributed by atoms with van der Waals surface area (Å²) in [4.78, 5) is 13.2. The lowest BCUT2D eigenvalue weighted by Crippen LogP contribution is -2.23. The normalized spacial score (nSPS) is 8.87. The lowest BCUT2D eigenvalue weighted by Gasteiger charge is -2.18. The number of carbonyl (C=O) groups excluding carboxylic acids is 1. The number of carbonyl (C=O) groups is 1. The molecular weight excluding hydrogens is 400 g/mol. The van der Waals surface area contributed by atoms with Crippen molar-refractivity contribution in [2.45, 2.75) is 26.7 Å². The molecule has 0 unspecified atom stereocenters. The first-order valence-electron chi connectivity index (χ1n) is 8.80. The second-order valence-electron chi connectivity index (χ2n) is 5.65. The molecule has 0 fully saturated rings. The number of sulfonamides is 1. The van der Waals surface area contributed by atoms with Crippen LogP contribution < -0.4 is 14.4 Å². The Morgan fingerprint density at radius 3 is 2.33 bits per heavy atom. The minimum Gasteiger partial charge on any atom is -0.495 e. The molecule has 1 amide bonds. The molecule has 0 aliphatic heterocycles. The van der Waals surface area contributed by atoms with Gasteiger partial charge in [0.25, 0.3) is 0 Å². The lowest BCUT2D eigenvalue weighted by atomic mass is 10.2. The van der Waals surface area contributed by atoms with Gasteiger partial charge in [-0.25, -0.2) is 13.3 Å². The molecule has 0 aliphatic rings. The van der Waals surface area contributed by atoms with E-state index in [1.165, 1.54) is 20.1 Å². The van der Waals surface area contributed by atoms with Gasteiger partial charge >= 0.3 is 0 Å². The van der Waals surface area contributed by atoms with Gasteiger partial charge in [0.2, 0.25) is 15.9 Å². The van der Waals surface area contributed by atoms with Crippen LogP contribution in [0.15, 0.2) is 18.2 Å². The fourth-order valence-electron chi connectivity index (χ4n) is 2.08. The summed E-state index contributed by atoms with van der Waals surface area (Å²) < 4.78 is 32.1. The van der Waals surface area contributed by atoms with Crippen molar-refractivity contribution >= 4 is 27.3 Å². The van der Waals surface area contributed by atoms with Gasteiger partial charge in [0, 0.05) is 36.6 Å². The van der Waals surface area contributed by atoms with E-state index in [0.29, 0.717) is 17.9 Å². The van der Waals surface area contributed by atoms with Gasteiger partial charge in [-0.1, -0.05) is 13.3 Å². The number of amides is 1. The Morgan fingerprint density at radius 1 is 1.13 bits per heavy atom. The molecule has 0 bridgehead atoms. The predicted octanol–water partition coefficient (Wildman–Crippen LogP) is 2.19. The largest absolute Gasteiger partial charge is 0.495 e. The molecule has 1 rings (SSSR count). The SMILES string of the molecule is C#CC#CC#CC#CC#CN(C(C)=O)c1cc(NS(=O)(=O)CCCC)ccc1OC. The van der Waals surface area contributed by atoms with Gasteiger partial charge in [0.15, 0.2) is 0 Å². The van der Waals surface area contributed by atoms with Crippen molar-refractivity contribution in [2.75, 3.05) is 22.5 Å². The van der Waals surface area contributed by atoms with E-state index in [4.69, 9.17) is 11.2 Å². The second kappa shape index (κ2) is 12.5. The number of anilines is 2. The highest BCUT2D eigenvalue weighted by atomic mass is 32.2. The molecule has 30 heavy (non-hydrogen) atoms. The molecule has 1 aromatic rings. The van der Waals surface area contributed by atoms with Crippen molar-refractivity contribution < 1.29 is 17.9 Å². The zero-order valence-electron chi connectivity index (χ0n) is 16.9. The summed E-state index contributed by atoms with van der Waals surface area (Å²) in [5.74, 6) is 19.1. The third-order valence-electron chi connectivity index (χ3n) is 3.39. The summed E-state index contributed by atoms with van der Waals surface area (Å²) in [6.45, 7) is 3.22. The zero-order valence-corrected chi connectivity index (χ0v) is 17.7. The van der Waals surface area contributed by atoms with E-state index in [1.807, 2.05) is 6.92 Å². The first-order chi connectivity index (χ1) is 14.3. The number of nitrogens with zero attached hydrogens (tertiary/aromatic N) is 1. The summed E-state index contributed by atoms with van der Waals surface area (Å²) in [7, 11) is -2.07. The molecule has 0 heterocycles. The van der Waals surface area contributed by atoms with Crippen LogP contribution in [0.3, 0.4) is 0 Å². The number of nitrogens with one attached hydrogen (secondary N) is 1. The summed E-state index contributed by atoms with van der Waals surface area (Å²) in [6, 6.07) is 7.17. The van der Waals surface area contributed by atoms with Crippen molar-refractivity contribution in [3.05, 3.63) is 18.2 Å². The van der Waals surface area contributed by atoms with Gasteiger partial charge in [-0.05, 0) is 48.3 Å². The van der Waals surface area contributed by atoms with E-state index >= 15 is 0 Å². The Bertz CT molecular complexity index is 1180. The Morgan fingerprint density at radius 2 is 1.77 bits per heavy atom. The molecule has 0 saturated heterocycles. The highest BCUT2D eigenvalue weighted by molar-refractivity contribution is 7.92. The summed E-state index contributed by atoms with van der Waals surface area (Å²) >= 11 is 0. The predicted molar refractivity (Wildman–Crippen MR) is 118 cm³/mol. The average Bonchev–Trinajstić information content (AvgIpc) is 2.70. The fourth-order valence-corrected chi connectivity index (χ4v) is 3.33. The van der Waals surface area contributed by atoms with Crippen LogP contribution in [0.4, 0.5) is 11.4 Å². The maximum atomic E-state index is 12.2. The smallest absolute Gasteiger partial charge is 0.235 e. The molecule has 0 aliphatic carbocycles. The first-order valence-corrected chi connectivity index (χ1v) is 10.4. The minimum atomic E-state index is -3.50. The number of ether oxygens (including phenoxy) is 1. The number of rotatable bonds is 7. The molecule has 0 saturated carbocycles. The van der Waals surface area contributed by atoms with E-state index in [0.717, 1.165) is 11.3 Å². The molecule has 152 valence electrons. The van der Waals surface area contributed by atoms with Crippen molar-refractivity contribution in [3.8, 4) is 65.6 Å². The number of hydrogen-bond acceptors (Lipinski definition) is 4. The Labute approximate surface area is 178 Å². The molecule has 1 aromatic carbocycles. The van der Waals surface area contributed by atoms with Gasteiger partial charge in [0.05, 0.1) is 18.6 Å². The van der Waals surface area contributed by atoms with Gasteiger partial charge in [-0.3, -0.25) is 9.52 Å². The van der Waals surface area contributed by atoms with E-state index < -0.39 is 15.9 Å². The van der Waals surface area contributed by atoms with E-state index in [2.05, 4.69) is 58.1 Å². The zero-order chi connectivity index (χ0) is 22.4. The second-order valence-corrected chi connectivity index (χ2v) is 7.49. The minimum absolute atomic E-state index is 0.00341. The van der Waals surface area contributed by atoms with E-state index in [1.54, 1.807) is 12.1 Å². The molecule has 7 heteroatoms. The molecular formula is C23H20N2O4S. The summed E-state index contributed by atoms with van der Waals surface area (Å²) in [5, 5.41) is 0. The number of benzene rings is 1. The van der Waals surface area contributed by atoms with Crippen LogP contribution in [0.5, 0.6) is 5.75 Å². The van der Waals surface area contributed by atoms with Crippen molar-refractivity contribution in [3.63, 3.8) is 0 Å². The Kier molecular flexibility index (Phi) is 10.0. The Hall–Kier alpha value is -3.96. The van der Waals surface area contributed by atoms with Crippen LogP contribution >= 0.6 is 0 Å². The van der Waals surface area contributed by atoms with E-state index in [9.17, 15) is 13.2 Å². The van der Waals surface area contributed by atoms with Gasteiger partial charge in [-0.2, -0.15) is 0 Å². The van der Waals surface area contributed by atoms with Crippen LogP contribution in [0.25, 0.3) is 0 Å². The summed E-state index contributed by atoms with van der Waals surface area (Å²) in [5.41, 5.74) is 0.569. The van der Waals surface area contributed by atoms with Gasteiger partial charge in [0.1, 0.15) is 11.4 Å². The highest BCUT2D eigenvalue weighted by Crippen LogP contribution is 2.31. The third kappa shape index (κ3) is 8.37. The number of methoxy groups -OCH3 is 1. The topological polar surface area (TPSA) is 75.7 Å². The van der Waals surface area contributed by atoms with Crippen molar-refractivity contribution in [1.82, 2.24) is 0 Å². The molecule has 0 radical (unpaired) electrons. The number of terminal acetylenes is 1. The number of unbranched alkanes of at least 4 members (excludes halogenated alkanes) is 1. The molecule has 1 N–H and O–H groups in total. The van der Waals surface area contributed by atoms with Crippen LogP contribution in [0.1, 0.15) is 26.7 Å². The molecule has 0 aromatic heterocycles. The molecule has 6 nitrogen and oxygen atoms in total. The van der Waals surface area contributed by atoms with E-state index in [-0.39, 0.29) is 11.4 Å². The quantitative estimate of drug-likeness (QED) is 0.542. The van der Waals surface area contributed by atoms with Gasteiger partial charge in [-0.15, -0.1) is 6.42 Å². The number of hydrogen-bond donors (Lipinski definition) is 1. The molecule has 0 spiro atoms. The molecule has 0 atom stereocenters. The monoisotopic (exact) mass is 420 g/mol. The van der Waals surface area contributed by atoms with Crippen LogP contribution in [0.2, 0.25) is 0 Å². The average molecular weight is 420 g/mol. The highest BCUT2D eigenvalue weighted by Gasteiger charge is 2.17. The fraction of sp³-hybridized carbons (Fsp3) is 0.261. The standard InChI is InChI=1S/C23H20N2O4S/c1-5-7-9-10-11-12-13-14-17-25(20(3)26)22-19-21(15-16-23(22)29-4)24-30(27,28)18-8-6-2/h1,15-16,19,24H,6,8,18H2,2-4H3. The van der Waals surface area contributed by atoms with Crippen LogP contribution in [-0.2, 0) is 14.8 Å². The van der Waals surface area contributed by atoms with Crippen LogP contribution in [0, 0.1) is 59.8 Å². The maximum Gasteiger partial charge on any atom is 0.235 e. The third-order valence-corrected chi connectivity index (χ3v) is 4.76. The maximum absolute atomic E-state index is 12.2. The Balaban J connectivity index is 3.22. The lowest BCUT2D eigenvalue weighted by molar-refractivity contribution is -0.115.